The third kappa shape index (κ3) is 4.12. The lowest BCUT2D eigenvalue weighted by Gasteiger charge is -2.11. The molecule has 2 rings (SSSR count). The summed E-state index contributed by atoms with van der Waals surface area (Å²) < 4.78 is 0. The second-order valence-electron chi connectivity index (χ2n) is 5.43. The van der Waals surface area contributed by atoms with Crippen LogP contribution < -0.4 is 5.32 Å². The van der Waals surface area contributed by atoms with Crippen molar-refractivity contribution in [2.45, 2.75) is 38.0 Å². The first kappa shape index (κ1) is 15.1. The van der Waals surface area contributed by atoms with Crippen LogP contribution in [0.2, 0.25) is 0 Å². The second-order valence-corrected chi connectivity index (χ2v) is 6.44. The van der Waals surface area contributed by atoms with E-state index >= 15 is 0 Å². The van der Waals surface area contributed by atoms with Crippen molar-refractivity contribution in [2.75, 3.05) is 7.05 Å². The normalized spacial score (nSPS) is 10.8. The van der Waals surface area contributed by atoms with Gasteiger partial charge in [-0.05, 0) is 45.0 Å². The van der Waals surface area contributed by atoms with Gasteiger partial charge in [0.1, 0.15) is 0 Å². The Labute approximate surface area is 126 Å². The van der Waals surface area contributed by atoms with Crippen LogP contribution in [0.3, 0.4) is 0 Å². The second kappa shape index (κ2) is 6.96. The van der Waals surface area contributed by atoms with Gasteiger partial charge >= 0.3 is 0 Å². The maximum Gasteiger partial charge on any atom is 0.0232 e. The van der Waals surface area contributed by atoms with Gasteiger partial charge in [-0.2, -0.15) is 0 Å². The molecule has 0 saturated heterocycles. The predicted octanol–water partition coefficient (Wildman–Crippen LogP) is 4.62. The molecule has 2 aromatic rings. The topological polar surface area (TPSA) is 12.0 Å². The molecule has 106 valence electrons. The van der Waals surface area contributed by atoms with Crippen molar-refractivity contribution in [1.29, 1.82) is 0 Å². The summed E-state index contributed by atoms with van der Waals surface area (Å²) in [5.41, 5.74) is 6.82. The van der Waals surface area contributed by atoms with Gasteiger partial charge in [-0.1, -0.05) is 47.0 Å². The van der Waals surface area contributed by atoms with Crippen molar-refractivity contribution < 1.29 is 0 Å². The van der Waals surface area contributed by atoms with Crippen LogP contribution in [-0.4, -0.2) is 7.05 Å². The number of rotatable bonds is 5. The Bertz CT molecular complexity index is 570. The summed E-state index contributed by atoms with van der Waals surface area (Å²) in [5.74, 6) is 1.03. The van der Waals surface area contributed by atoms with Crippen LogP contribution in [-0.2, 0) is 12.3 Å². The van der Waals surface area contributed by atoms with Crippen molar-refractivity contribution in [1.82, 2.24) is 5.32 Å². The van der Waals surface area contributed by atoms with Crippen LogP contribution in [0, 0.1) is 20.8 Å². The Morgan fingerprint density at radius 3 is 2.25 bits per heavy atom. The molecule has 0 heterocycles. The highest BCUT2D eigenvalue weighted by molar-refractivity contribution is 7.98. The highest BCUT2D eigenvalue weighted by atomic mass is 32.2. The molecule has 1 nitrogen and oxygen atoms in total. The Morgan fingerprint density at radius 1 is 0.900 bits per heavy atom. The summed E-state index contributed by atoms with van der Waals surface area (Å²) in [6, 6.07) is 13.5. The van der Waals surface area contributed by atoms with E-state index in [4.69, 9.17) is 0 Å². The van der Waals surface area contributed by atoms with Gasteiger partial charge in [0, 0.05) is 17.2 Å². The van der Waals surface area contributed by atoms with Gasteiger partial charge < -0.3 is 5.32 Å². The molecule has 0 amide bonds. The average Bonchev–Trinajstić information content (AvgIpc) is 2.37. The fourth-order valence-electron chi connectivity index (χ4n) is 2.49. The molecule has 0 fully saturated rings. The molecule has 2 aromatic carbocycles. The maximum absolute atomic E-state index is 3.25. The minimum Gasteiger partial charge on any atom is -0.316 e. The van der Waals surface area contributed by atoms with E-state index in [9.17, 15) is 0 Å². The predicted molar refractivity (Wildman–Crippen MR) is 89.4 cm³/mol. The zero-order valence-electron chi connectivity index (χ0n) is 12.8. The lowest BCUT2D eigenvalue weighted by atomic mass is 10.1. The lowest BCUT2D eigenvalue weighted by molar-refractivity contribution is 0.802. The molecule has 0 unspecified atom stereocenters. The van der Waals surface area contributed by atoms with Gasteiger partial charge in [0.05, 0.1) is 0 Å². The smallest absolute Gasteiger partial charge is 0.0232 e. The van der Waals surface area contributed by atoms with E-state index in [0.29, 0.717) is 0 Å². The third-order valence-corrected chi connectivity index (χ3v) is 4.45. The van der Waals surface area contributed by atoms with E-state index in [2.05, 4.69) is 62.5 Å². The fraction of sp³-hybridized carbons (Fsp3) is 0.333. The van der Waals surface area contributed by atoms with E-state index in [1.165, 1.54) is 32.7 Å². The molecule has 0 aliphatic heterocycles. The summed E-state index contributed by atoms with van der Waals surface area (Å²) >= 11 is 1.93. The standard InChI is InChI=1S/C18H23NS/c1-13-5-6-18(17(10-13)11-19-4)20-12-16-8-14(2)7-15(3)9-16/h5-10,19H,11-12H2,1-4H3. The molecule has 0 saturated carbocycles. The van der Waals surface area contributed by atoms with Crippen molar-refractivity contribution in [3.63, 3.8) is 0 Å². The number of aryl methyl sites for hydroxylation is 3. The summed E-state index contributed by atoms with van der Waals surface area (Å²) in [5, 5.41) is 3.25. The highest BCUT2D eigenvalue weighted by Gasteiger charge is 2.04. The van der Waals surface area contributed by atoms with Gasteiger partial charge in [-0.15, -0.1) is 11.8 Å². The number of hydrogen-bond acceptors (Lipinski definition) is 2. The molecule has 0 radical (unpaired) electrons. The minimum absolute atomic E-state index is 0.927. The molecule has 0 atom stereocenters. The molecule has 0 aliphatic rings. The molecule has 1 N–H and O–H groups in total. The number of nitrogens with one attached hydrogen (secondary N) is 1. The Morgan fingerprint density at radius 2 is 1.60 bits per heavy atom. The van der Waals surface area contributed by atoms with E-state index < -0.39 is 0 Å². The SMILES string of the molecule is CNCc1cc(C)ccc1SCc1cc(C)cc(C)c1. The average molecular weight is 285 g/mol. The summed E-state index contributed by atoms with van der Waals surface area (Å²) in [4.78, 5) is 1.38. The van der Waals surface area contributed by atoms with Gasteiger partial charge in [0.25, 0.3) is 0 Å². The summed E-state index contributed by atoms with van der Waals surface area (Å²) in [6.45, 7) is 7.41. The van der Waals surface area contributed by atoms with Crippen LogP contribution in [0.4, 0.5) is 0 Å². The van der Waals surface area contributed by atoms with Crippen molar-refractivity contribution in [3.8, 4) is 0 Å². The Hall–Kier alpha value is -1.25. The van der Waals surface area contributed by atoms with Crippen LogP contribution in [0.25, 0.3) is 0 Å². The van der Waals surface area contributed by atoms with E-state index in [1.807, 2.05) is 18.8 Å². The zero-order valence-corrected chi connectivity index (χ0v) is 13.6. The van der Waals surface area contributed by atoms with Gasteiger partial charge in [-0.25, -0.2) is 0 Å². The minimum atomic E-state index is 0.927. The van der Waals surface area contributed by atoms with E-state index in [0.717, 1.165) is 12.3 Å². The van der Waals surface area contributed by atoms with Crippen LogP contribution in [0.15, 0.2) is 41.3 Å². The Balaban J connectivity index is 2.13. The van der Waals surface area contributed by atoms with E-state index in [-0.39, 0.29) is 0 Å². The van der Waals surface area contributed by atoms with Crippen molar-refractivity contribution >= 4 is 11.8 Å². The summed E-state index contributed by atoms with van der Waals surface area (Å²) in [7, 11) is 2.00. The number of hydrogen-bond donors (Lipinski definition) is 1. The van der Waals surface area contributed by atoms with Crippen LogP contribution in [0.5, 0.6) is 0 Å². The molecule has 0 bridgehead atoms. The van der Waals surface area contributed by atoms with Crippen LogP contribution >= 0.6 is 11.8 Å². The first-order valence-corrected chi connectivity index (χ1v) is 8.01. The molecule has 0 aromatic heterocycles. The molecular weight excluding hydrogens is 262 g/mol. The molecule has 0 aliphatic carbocycles. The van der Waals surface area contributed by atoms with Crippen molar-refractivity contribution in [2.24, 2.45) is 0 Å². The van der Waals surface area contributed by atoms with Gasteiger partial charge in [0.2, 0.25) is 0 Å². The molecular formula is C18H23NS. The first-order chi connectivity index (χ1) is 9.58. The monoisotopic (exact) mass is 285 g/mol. The largest absolute Gasteiger partial charge is 0.316 e. The van der Waals surface area contributed by atoms with Gasteiger partial charge in [0.15, 0.2) is 0 Å². The highest BCUT2D eigenvalue weighted by Crippen LogP contribution is 2.28. The third-order valence-electron chi connectivity index (χ3n) is 3.26. The maximum atomic E-state index is 3.25. The molecule has 20 heavy (non-hydrogen) atoms. The molecule has 0 spiro atoms. The fourth-order valence-corrected chi connectivity index (χ4v) is 3.46. The molecule has 2 heteroatoms. The zero-order chi connectivity index (χ0) is 14.5. The lowest BCUT2D eigenvalue weighted by Crippen LogP contribution is -2.06. The van der Waals surface area contributed by atoms with Gasteiger partial charge in [-0.3, -0.25) is 0 Å². The first-order valence-electron chi connectivity index (χ1n) is 7.02. The quantitative estimate of drug-likeness (QED) is 0.804. The Kier molecular flexibility index (Phi) is 5.27. The van der Waals surface area contributed by atoms with Crippen molar-refractivity contribution in [3.05, 3.63) is 64.2 Å². The van der Waals surface area contributed by atoms with E-state index in [1.54, 1.807) is 0 Å². The summed E-state index contributed by atoms with van der Waals surface area (Å²) in [6.07, 6.45) is 0. The van der Waals surface area contributed by atoms with Crippen LogP contribution in [0.1, 0.15) is 27.8 Å². The number of benzene rings is 2. The number of thioether (sulfide) groups is 1.